The van der Waals surface area contributed by atoms with Gasteiger partial charge in [-0.3, -0.25) is 9.63 Å². The Hall–Kier alpha value is -0.800. The molecule has 3 nitrogen and oxygen atoms in total. The summed E-state index contributed by atoms with van der Waals surface area (Å²) in [7, 11) is 0. The molecule has 0 atom stereocenters. The highest BCUT2D eigenvalue weighted by Gasteiger charge is 2.16. The van der Waals surface area contributed by atoms with Crippen LogP contribution in [0.5, 0.6) is 0 Å². The molecule has 0 unspecified atom stereocenters. The van der Waals surface area contributed by atoms with E-state index in [1.165, 1.54) is 0 Å². The van der Waals surface area contributed by atoms with Gasteiger partial charge in [0.1, 0.15) is 12.5 Å². The average molecular weight is 188 g/mol. The molecule has 0 saturated carbocycles. The highest BCUT2D eigenvalue weighted by atomic mass is 35.5. The predicted molar refractivity (Wildman–Crippen MR) is 46.4 cm³/mol. The zero-order chi connectivity index (χ0) is 9.14. The van der Waals surface area contributed by atoms with E-state index in [2.05, 4.69) is 6.58 Å². The molecule has 0 N–H and O–H groups in total. The van der Waals surface area contributed by atoms with Gasteiger partial charge >= 0.3 is 0 Å². The molecular formula is C8H10ClNO2. The molecule has 1 amide bonds. The number of hydrogen-bond acceptors (Lipinski definition) is 2. The normalized spacial score (nSPS) is 17.7. The maximum absolute atomic E-state index is 11.0. The highest BCUT2D eigenvalue weighted by molar-refractivity contribution is 6.27. The Balaban J connectivity index is 2.72. The summed E-state index contributed by atoms with van der Waals surface area (Å²) in [4.78, 5) is 16.1. The number of carbonyl (C=O) groups excluding carboxylic acids is 1. The van der Waals surface area contributed by atoms with E-state index in [9.17, 15) is 4.79 Å². The van der Waals surface area contributed by atoms with E-state index in [0.717, 1.165) is 16.2 Å². The zero-order valence-corrected chi connectivity index (χ0v) is 7.60. The van der Waals surface area contributed by atoms with Crippen molar-refractivity contribution in [2.75, 3.05) is 12.5 Å². The summed E-state index contributed by atoms with van der Waals surface area (Å²) >= 11 is 5.35. The van der Waals surface area contributed by atoms with Crippen LogP contribution < -0.4 is 0 Å². The second-order valence-electron chi connectivity index (χ2n) is 2.54. The number of nitrogens with zero attached hydrogens (tertiary/aromatic N) is 1. The van der Waals surface area contributed by atoms with Crippen molar-refractivity contribution in [1.82, 2.24) is 5.06 Å². The second-order valence-corrected chi connectivity index (χ2v) is 2.81. The first kappa shape index (κ1) is 9.29. The van der Waals surface area contributed by atoms with Gasteiger partial charge in [-0.15, -0.1) is 11.6 Å². The van der Waals surface area contributed by atoms with Crippen molar-refractivity contribution in [3.8, 4) is 0 Å². The molecule has 0 aromatic carbocycles. The van der Waals surface area contributed by atoms with E-state index in [4.69, 9.17) is 16.4 Å². The van der Waals surface area contributed by atoms with Gasteiger partial charge in [0.05, 0.1) is 0 Å². The largest absolute Gasteiger partial charge is 0.271 e. The van der Waals surface area contributed by atoms with Crippen LogP contribution in [0.25, 0.3) is 0 Å². The van der Waals surface area contributed by atoms with Gasteiger partial charge in [-0.25, -0.2) is 0 Å². The molecular weight excluding hydrogens is 178 g/mol. The van der Waals surface area contributed by atoms with Crippen LogP contribution in [0, 0.1) is 0 Å². The number of alkyl halides is 1. The lowest BCUT2D eigenvalue weighted by Gasteiger charge is -2.23. The Morgan fingerprint density at radius 3 is 3.08 bits per heavy atom. The van der Waals surface area contributed by atoms with E-state index in [-0.39, 0.29) is 11.8 Å². The summed E-state index contributed by atoms with van der Waals surface area (Å²) in [6.07, 6.45) is 1.59. The summed E-state index contributed by atoms with van der Waals surface area (Å²) < 4.78 is 0. The maximum Gasteiger partial charge on any atom is 0.265 e. The molecule has 0 radical (unpaired) electrons. The van der Waals surface area contributed by atoms with E-state index in [1.54, 1.807) is 6.20 Å². The molecule has 0 aromatic heterocycles. The first-order valence-corrected chi connectivity index (χ1v) is 4.06. The number of amides is 1. The average Bonchev–Trinajstić information content (AvgIpc) is 2.08. The van der Waals surface area contributed by atoms with Crippen molar-refractivity contribution in [2.45, 2.75) is 6.92 Å². The van der Waals surface area contributed by atoms with Crippen molar-refractivity contribution < 1.29 is 9.63 Å². The maximum atomic E-state index is 11.0. The fraction of sp³-hybridized carbons (Fsp3) is 0.375. The summed E-state index contributed by atoms with van der Waals surface area (Å²) in [5.74, 6) is -0.334. The van der Waals surface area contributed by atoms with E-state index >= 15 is 0 Å². The summed E-state index contributed by atoms with van der Waals surface area (Å²) in [5.41, 5.74) is 1.83. The fourth-order valence-electron chi connectivity index (χ4n) is 0.769. The Morgan fingerprint density at radius 1 is 1.92 bits per heavy atom. The van der Waals surface area contributed by atoms with Crippen LogP contribution in [0.4, 0.5) is 0 Å². The van der Waals surface area contributed by atoms with Gasteiger partial charge in [-0.05, 0) is 18.1 Å². The van der Waals surface area contributed by atoms with Crippen molar-refractivity contribution in [3.05, 3.63) is 23.9 Å². The van der Waals surface area contributed by atoms with Crippen LogP contribution in [0.1, 0.15) is 6.92 Å². The summed E-state index contributed by atoms with van der Waals surface area (Å²) in [6, 6.07) is 0. The molecule has 1 aliphatic rings. The van der Waals surface area contributed by atoms with E-state index < -0.39 is 0 Å². The molecule has 0 bridgehead atoms. The Morgan fingerprint density at radius 2 is 2.58 bits per heavy atom. The third-order valence-electron chi connectivity index (χ3n) is 1.61. The van der Waals surface area contributed by atoms with Crippen molar-refractivity contribution in [2.24, 2.45) is 0 Å². The standard InChI is InChI=1S/C8H10ClNO2/c1-6-4-10(8(11)3-9)12-5-7(6)2/h4H,2-3,5H2,1H3. The van der Waals surface area contributed by atoms with Gasteiger partial charge in [0.25, 0.3) is 5.91 Å². The number of halogens is 1. The molecule has 0 fully saturated rings. The van der Waals surface area contributed by atoms with Crippen LogP contribution in [-0.4, -0.2) is 23.5 Å². The Labute approximate surface area is 76.2 Å². The van der Waals surface area contributed by atoms with Crippen molar-refractivity contribution in [3.63, 3.8) is 0 Å². The van der Waals surface area contributed by atoms with Crippen LogP contribution in [0.15, 0.2) is 23.9 Å². The highest BCUT2D eigenvalue weighted by Crippen LogP contribution is 2.15. The predicted octanol–water partition coefficient (Wildman–Crippen LogP) is 1.46. The molecule has 4 heteroatoms. The van der Waals surface area contributed by atoms with Crippen molar-refractivity contribution in [1.29, 1.82) is 0 Å². The van der Waals surface area contributed by atoms with Gasteiger partial charge in [0.15, 0.2) is 0 Å². The molecule has 0 aliphatic carbocycles. The molecule has 1 aliphatic heterocycles. The van der Waals surface area contributed by atoms with Crippen LogP contribution in [0.3, 0.4) is 0 Å². The smallest absolute Gasteiger partial charge is 0.265 e. The lowest BCUT2D eigenvalue weighted by atomic mass is 10.1. The Kier molecular flexibility index (Phi) is 2.89. The van der Waals surface area contributed by atoms with Crippen LogP contribution in [0.2, 0.25) is 0 Å². The minimum absolute atomic E-state index is 0.0732. The molecule has 1 heterocycles. The lowest BCUT2D eigenvalue weighted by Crippen LogP contribution is -2.31. The first-order chi connectivity index (χ1) is 5.65. The number of hydroxylamine groups is 2. The number of carbonyl (C=O) groups is 1. The van der Waals surface area contributed by atoms with Gasteiger partial charge in [0, 0.05) is 6.20 Å². The third kappa shape index (κ3) is 1.87. The lowest BCUT2D eigenvalue weighted by molar-refractivity contribution is -0.166. The minimum Gasteiger partial charge on any atom is -0.271 e. The van der Waals surface area contributed by atoms with Gasteiger partial charge < -0.3 is 0 Å². The molecule has 12 heavy (non-hydrogen) atoms. The fourth-order valence-corrected chi connectivity index (χ4v) is 0.886. The van der Waals surface area contributed by atoms with Crippen LogP contribution >= 0.6 is 11.6 Å². The molecule has 0 aromatic rings. The second kappa shape index (κ2) is 3.74. The topological polar surface area (TPSA) is 29.5 Å². The summed E-state index contributed by atoms with van der Waals surface area (Å²) in [5, 5.41) is 1.15. The number of hydrogen-bond donors (Lipinski definition) is 0. The molecule has 0 spiro atoms. The molecule has 66 valence electrons. The summed E-state index contributed by atoms with van der Waals surface area (Å²) in [6.45, 7) is 5.98. The third-order valence-corrected chi connectivity index (χ3v) is 1.84. The van der Waals surface area contributed by atoms with Gasteiger partial charge in [-0.2, -0.15) is 5.06 Å². The van der Waals surface area contributed by atoms with Gasteiger partial charge in [0.2, 0.25) is 0 Å². The SMILES string of the molecule is C=C1CON(C(=O)CCl)C=C1C. The zero-order valence-electron chi connectivity index (χ0n) is 6.84. The molecule has 1 rings (SSSR count). The van der Waals surface area contributed by atoms with Gasteiger partial charge in [-0.1, -0.05) is 6.58 Å². The minimum atomic E-state index is -0.261. The quantitative estimate of drug-likeness (QED) is 0.582. The van der Waals surface area contributed by atoms with E-state index in [0.29, 0.717) is 6.61 Å². The molecule has 0 saturated heterocycles. The van der Waals surface area contributed by atoms with Crippen LogP contribution in [-0.2, 0) is 9.63 Å². The monoisotopic (exact) mass is 187 g/mol. The number of rotatable bonds is 1. The first-order valence-electron chi connectivity index (χ1n) is 3.52. The Bertz CT molecular complexity index is 247. The van der Waals surface area contributed by atoms with Crippen molar-refractivity contribution >= 4 is 17.5 Å². The van der Waals surface area contributed by atoms with E-state index in [1.807, 2.05) is 6.92 Å².